The topological polar surface area (TPSA) is 0 Å². The van der Waals surface area contributed by atoms with Crippen molar-refractivity contribution in [1.29, 1.82) is 0 Å². The maximum atomic E-state index is 13.4. The first kappa shape index (κ1) is 13.6. The van der Waals surface area contributed by atoms with E-state index in [0.29, 0.717) is 14.2 Å². The third-order valence-electron chi connectivity index (χ3n) is 2.21. The van der Waals surface area contributed by atoms with Gasteiger partial charge in [0.05, 0.1) is 18.5 Å². The van der Waals surface area contributed by atoms with Crippen molar-refractivity contribution in [2.75, 3.05) is 0 Å². The van der Waals surface area contributed by atoms with E-state index in [1.54, 1.807) is 18.2 Å². The SMILES string of the molecule is Fc1cccc(C(Br)c2cc(Cl)sc2Cl)c1Cl. The molecule has 1 aromatic carbocycles. The number of benzene rings is 1. The van der Waals surface area contributed by atoms with Crippen molar-refractivity contribution in [2.45, 2.75) is 4.83 Å². The van der Waals surface area contributed by atoms with E-state index in [-0.39, 0.29) is 9.85 Å². The smallest absolute Gasteiger partial charge is 0.142 e. The molecule has 1 aromatic heterocycles. The van der Waals surface area contributed by atoms with Crippen LogP contribution in [0.4, 0.5) is 4.39 Å². The number of thiophene rings is 1. The van der Waals surface area contributed by atoms with Gasteiger partial charge < -0.3 is 0 Å². The molecule has 0 spiro atoms. The maximum Gasteiger partial charge on any atom is 0.142 e. The predicted octanol–water partition coefficient (Wildman–Crippen LogP) is 6.33. The normalized spacial score (nSPS) is 12.8. The number of hydrogen-bond acceptors (Lipinski definition) is 1. The highest BCUT2D eigenvalue weighted by molar-refractivity contribution is 9.09. The molecule has 0 N–H and O–H groups in total. The quantitative estimate of drug-likeness (QED) is 0.539. The van der Waals surface area contributed by atoms with Crippen LogP contribution >= 0.6 is 62.1 Å². The van der Waals surface area contributed by atoms with Crippen molar-refractivity contribution >= 4 is 62.1 Å². The molecule has 17 heavy (non-hydrogen) atoms. The van der Waals surface area contributed by atoms with Crippen molar-refractivity contribution in [3.63, 3.8) is 0 Å². The Morgan fingerprint density at radius 1 is 1.18 bits per heavy atom. The van der Waals surface area contributed by atoms with Crippen molar-refractivity contribution in [2.24, 2.45) is 0 Å². The lowest BCUT2D eigenvalue weighted by Gasteiger charge is -2.11. The molecule has 0 fully saturated rings. The zero-order valence-electron chi connectivity index (χ0n) is 8.18. The van der Waals surface area contributed by atoms with Gasteiger partial charge in [-0.15, -0.1) is 11.3 Å². The second kappa shape index (κ2) is 5.45. The Bertz CT molecular complexity index is 556. The lowest BCUT2D eigenvalue weighted by Crippen LogP contribution is -1.94. The van der Waals surface area contributed by atoms with Gasteiger partial charge in [0.1, 0.15) is 5.82 Å². The molecule has 2 aromatic rings. The maximum absolute atomic E-state index is 13.4. The van der Waals surface area contributed by atoms with Crippen LogP contribution in [0.25, 0.3) is 0 Å². The average Bonchev–Trinajstić information content (AvgIpc) is 2.61. The number of rotatable bonds is 2. The van der Waals surface area contributed by atoms with Gasteiger partial charge in [-0.1, -0.05) is 62.9 Å². The minimum absolute atomic E-state index is 0.0905. The van der Waals surface area contributed by atoms with Crippen LogP contribution in [0.2, 0.25) is 13.7 Å². The Balaban J connectivity index is 2.47. The molecule has 0 radical (unpaired) electrons. The molecule has 0 aliphatic carbocycles. The van der Waals surface area contributed by atoms with Gasteiger partial charge in [-0.3, -0.25) is 0 Å². The van der Waals surface area contributed by atoms with Gasteiger partial charge in [-0.25, -0.2) is 4.39 Å². The van der Waals surface area contributed by atoms with E-state index in [4.69, 9.17) is 34.8 Å². The summed E-state index contributed by atoms with van der Waals surface area (Å²) in [6.45, 7) is 0. The Labute approximate surface area is 125 Å². The summed E-state index contributed by atoms with van der Waals surface area (Å²) in [5.41, 5.74) is 1.41. The molecule has 0 saturated carbocycles. The highest BCUT2D eigenvalue weighted by Gasteiger charge is 2.20. The van der Waals surface area contributed by atoms with Gasteiger partial charge >= 0.3 is 0 Å². The van der Waals surface area contributed by atoms with Crippen LogP contribution in [0, 0.1) is 5.82 Å². The second-order valence-corrected chi connectivity index (χ2v) is 6.86. The Hall–Kier alpha value is 0.200. The van der Waals surface area contributed by atoms with Gasteiger partial charge in [0.25, 0.3) is 0 Å². The molecule has 1 atom stereocenters. The minimum atomic E-state index is -0.453. The third kappa shape index (κ3) is 2.79. The van der Waals surface area contributed by atoms with Crippen LogP contribution in [0.5, 0.6) is 0 Å². The highest BCUT2D eigenvalue weighted by atomic mass is 79.9. The molecule has 0 saturated heterocycles. The first-order valence-corrected chi connectivity index (χ1v) is 7.40. The van der Waals surface area contributed by atoms with E-state index in [1.807, 2.05) is 0 Å². The monoisotopic (exact) mass is 372 g/mol. The largest absolute Gasteiger partial charge is 0.205 e. The van der Waals surface area contributed by atoms with E-state index in [9.17, 15) is 4.39 Å². The Kier molecular flexibility index (Phi) is 4.37. The summed E-state index contributed by atoms with van der Waals surface area (Å²) in [6, 6.07) is 6.41. The standard InChI is InChI=1S/C11H5BrCl3FS/c12-9(6-4-8(13)17-11(6)15)5-2-1-3-7(16)10(5)14/h1-4,9H. The summed E-state index contributed by atoms with van der Waals surface area (Å²) in [5, 5.41) is 0.0905. The van der Waals surface area contributed by atoms with Crippen LogP contribution in [0.15, 0.2) is 24.3 Å². The summed E-state index contributed by atoms with van der Waals surface area (Å²) >= 11 is 22.6. The zero-order valence-corrected chi connectivity index (χ0v) is 12.9. The molecular formula is C11H5BrCl3FS. The van der Waals surface area contributed by atoms with E-state index >= 15 is 0 Å². The Morgan fingerprint density at radius 3 is 2.47 bits per heavy atom. The Morgan fingerprint density at radius 2 is 1.88 bits per heavy atom. The van der Waals surface area contributed by atoms with Crippen molar-refractivity contribution < 1.29 is 4.39 Å². The number of hydrogen-bond donors (Lipinski definition) is 0. The predicted molar refractivity (Wildman–Crippen MR) is 76.5 cm³/mol. The van der Waals surface area contributed by atoms with Crippen LogP contribution in [0.3, 0.4) is 0 Å². The molecule has 0 aliphatic rings. The van der Waals surface area contributed by atoms with E-state index < -0.39 is 5.82 Å². The van der Waals surface area contributed by atoms with Gasteiger partial charge in [0, 0.05) is 5.56 Å². The van der Waals surface area contributed by atoms with E-state index in [0.717, 1.165) is 5.56 Å². The lowest BCUT2D eigenvalue weighted by atomic mass is 10.1. The zero-order chi connectivity index (χ0) is 12.6. The molecule has 0 nitrogen and oxygen atoms in total. The molecule has 6 heteroatoms. The third-order valence-corrected chi connectivity index (χ3v) is 5.11. The fourth-order valence-electron chi connectivity index (χ4n) is 1.41. The molecule has 2 rings (SSSR count). The summed E-state index contributed by atoms with van der Waals surface area (Å²) in [6.07, 6.45) is 0. The van der Waals surface area contributed by atoms with Gasteiger partial charge in [-0.2, -0.15) is 0 Å². The summed E-state index contributed by atoms with van der Waals surface area (Å²) in [4.78, 5) is -0.276. The first-order chi connectivity index (χ1) is 8.00. The fraction of sp³-hybridized carbons (Fsp3) is 0.0909. The van der Waals surface area contributed by atoms with Crippen LogP contribution in [-0.4, -0.2) is 0 Å². The second-order valence-electron chi connectivity index (χ2n) is 3.29. The van der Waals surface area contributed by atoms with Gasteiger partial charge in [0.15, 0.2) is 0 Å². The molecule has 0 aliphatic heterocycles. The first-order valence-electron chi connectivity index (χ1n) is 4.53. The highest BCUT2D eigenvalue weighted by Crippen LogP contribution is 2.43. The van der Waals surface area contributed by atoms with Crippen molar-refractivity contribution in [3.8, 4) is 0 Å². The van der Waals surface area contributed by atoms with Crippen molar-refractivity contribution in [1.82, 2.24) is 0 Å². The molecule has 1 unspecified atom stereocenters. The lowest BCUT2D eigenvalue weighted by molar-refractivity contribution is 0.626. The van der Waals surface area contributed by atoms with Crippen LogP contribution < -0.4 is 0 Å². The van der Waals surface area contributed by atoms with Crippen LogP contribution in [0.1, 0.15) is 16.0 Å². The molecule has 0 bridgehead atoms. The summed E-state index contributed by atoms with van der Waals surface area (Å²) in [5.74, 6) is -0.453. The molecule has 90 valence electrons. The number of halogens is 5. The van der Waals surface area contributed by atoms with E-state index in [1.165, 1.54) is 17.4 Å². The summed E-state index contributed by atoms with van der Waals surface area (Å²) in [7, 11) is 0. The number of alkyl halides is 1. The minimum Gasteiger partial charge on any atom is -0.205 e. The molecular weight excluding hydrogens is 369 g/mol. The van der Waals surface area contributed by atoms with E-state index in [2.05, 4.69) is 15.9 Å². The average molecular weight is 374 g/mol. The molecule has 0 amide bonds. The van der Waals surface area contributed by atoms with Gasteiger partial charge in [-0.05, 0) is 17.7 Å². The van der Waals surface area contributed by atoms with Crippen LogP contribution in [-0.2, 0) is 0 Å². The van der Waals surface area contributed by atoms with Crippen molar-refractivity contribution in [3.05, 3.63) is 54.9 Å². The molecule has 1 heterocycles. The fourth-order valence-corrected chi connectivity index (χ4v) is 4.33. The summed E-state index contributed by atoms with van der Waals surface area (Å²) < 4.78 is 14.5. The van der Waals surface area contributed by atoms with Gasteiger partial charge in [0.2, 0.25) is 0 Å².